The second-order valence-electron chi connectivity index (χ2n) is 6.44. The molecule has 0 saturated heterocycles. The van der Waals surface area contributed by atoms with Crippen molar-refractivity contribution in [2.45, 2.75) is 13.0 Å². The highest BCUT2D eigenvalue weighted by Crippen LogP contribution is 2.25. The summed E-state index contributed by atoms with van der Waals surface area (Å²) in [6, 6.07) is 13.5. The molecule has 2 aromatic carbocycles. The molecule has 0 aliphatic rings. The number of ether oxygens (including phenoxy) is 3. The molecule has 8 nitrogen and oxygen atoms in total. The molecule has 0 unspecified atom stereocenters. The summed E-state index contributed by atoms with van der Waals surface area (Å²) in [5.41, 5.74) is 0.506. The predicted octanol–water partition coefficient (Wildman–Crippen LogP) is 2.05. The molecule has 0 bridgehead atoms. The highest BCUT2D eigenvalue weighted by Gasteiger charge is 2.13. The Hall–Kier alpha value is -2.94. The first-order valence-electron chi connectivity index (χ1n) is 8.92. The highest BCUT2D eigenvalue weighted by molar-refractivity contribution is 7.92. The lowest BCUT2D eigenvalue weighted by atomic mass is 10.3. The molecular formula is C20H26N2O6S. The van der Waals surface area contributed by atoms with Gasteiger partial charge in [0.25, 0.3) is 5.91 Å². The number of amides is 1. The quantitative estimate of drug-likeness (QED) is 0.630. The molecule has 0 spiro atoms. The summed E-state index contributed by atoms with van der Waals surface area (Å²) >= 11 is 0. The first-order valence-corrected chi connectivity index (χ1v) is 10.8. The third-order valence-electron chi connectivity index (χ3n) is 4.03. The largest absolute Gasteiger partial charge is 0.493 e. The van der Waals surface area contributed by atoms with Crippen molar-refractivity contribution in [2.75, 3.05) is 37.9 Å². The number of rotatable bonds is 10. The van der Waals surface area contributed by atoms with Gasteiger partial charge in [-0.25, -0.2) is 8.42 Å². The fourth-order valence-corrected chi connectivity index (χ4v) is 2.91. The Morgan fingerprint density at radius 2 is 1.69 bits per heavy atom. The molecule has 0 aliphatic heterocycles. The normalized spacial score (nSPS) is 12.0. The van der Waals surface area contributed by atoms with E-state index >= 15 is 0 Å². The maximum atomic E-state index is 12.1. The molecule has 158 valence electrons. The van der Waals surface area contributed by atoms with Crippen LogP contribution in [0.1, 0.15) is 6.92 Å². The first kappa shape index (κ1) is 22.4. The van der Waals surface area contributed by atoms with Crippen LogP contribution in [-0.4, -0.2) is 54.0 Å². The predicted molar refractivity (Wildman–Crippen MR) is 111 cm³/mol. The lowest BCUT2D eigenvalue weighted by molar-refractivity contribution is -0.123. The molecule has 0 fully saturated rings. The molecule has 1 amide bonds. The Kier molecular flexibility index (Phi) is 7.72. The lowest BCUT2D eigenvalue weighted by Crippen LogP contribution is -2.39. The standard InChI is InChI=1S/C20H26N2O6S/c1-15(13-28-19-8-6-5-7-18(19)26-3)21-20(23)14-27-17-11-9-16(10-12-17)22(2)29(4,24)25/h5-12,15H,13-14H2,1-4H3,(H,21,23)/t15-/m0/s1. The van der Waals surface area contributed by atoms with Crippen molar-refractivity contribution in [3.05, 3.63) is 48.5 Å². The van der Waals surface area contributed by atoms with E-state index in [0.29, 0.717) is 22.9 Å². The van der Waals surface area contributed by atoms with Gasteiger partial charge in [-0.05, 0) is 43.3 Å². The van der Waals surface area contributed by atoms with Crippen LogP contribution in [0, 0.1) is 0 Å². The highest BCUT2D eigenvalue weighted by atomic mass is 32.2. The van der Waals surface area contributed by atoms with Gasteiger partial charge in [-0.3, -0.25) is 9.10 Å². The van der Waals surface area contributed by atoms with Crippen molar-refractivity contribution < 1.29 is 27.4 Å². The molecule has 2 rings (SSSR count). The molecule has 29 heavy (non-hydrogen) atoms. The van der Waals surface area contributed by atoms with Crippen LogP contribution < -0.4 is 23.8 Å². The third-order valence-corrected chi connectivity index (χ3v) is 5.24. The van der Waals surface area contributed by atoms with Gasteiger partial charge in [0.2, 0.25) is 10.0 Å². The maximum Gasteiger partial charge on any atom is 0.258 e. The van der Waals surface area contributed by atoms with Gasteiger partial charge < -0.3 is 19.5 Å². The van der Waals surface area contributed by atoms with Crippen molar-refractivity contribution in [3.8, 4) is 17.2 Å². The van der Waals surface area contributed by atoms with Crippen molar-refractivity contribution >= 4 is 21.6 Å². The average Bonchev–Trinajstić information content (AvgIpc) is 2.70. The zero-order valence-electron chi connectivity index (χ0n) is 16.9. The summed E-state index contributed by atoms with van der Waals surface area (Å²) in [7, 11) is -0.298. The van der Waals surface area contributed by atoms with Crippen molar-refractivity contribution in [2.24, 2.45) is 0 Å². The minimum absolute atomic E-state index is 0.166. The van der Waals surface area contributed by atoms with E-state index in [2.05, 4.69) is 5.32 Å². The molecule has 0 radical (unpaired) electrons. The molecule has 0 saturated carbocycles. The van der Waals surface area contributed by atoms with Crippen LogP contribution in [0.15, 0.2) is 48.5 Å². The molecular weight excluding hydrogens is 396 g/mol. The number of carbonyl (C=O) groups is 1. The molecule has 1 atom stereocenters. The van der Waals surface area contributed by atoms with Crippen LogP contribution in [-0.2, 0) is 14.8 Å². The number of hydrogen-bond donors (Lipinski definition) is 1. The Morgan fingerprint density at radius 3 is 2.28 bits per heavy atom. The fourth-order valence-electron chi connectivity index (χ4n) is 2.40. The summed E-state index contributed by atoms with van der Waals surface area (Å²) in [5.74, 6) is 1.40. The lowest BCUT2D eigenvalue weighted by Gasteiger charge is -2.17. The number of nitrogens with one attached hydrogen (secondary N) is 1. The number of para-hydroxylation sites is 2. The van der Waals surface area contributed by atoms with Gasteiger partial charge in [-0.1, -0.05) is 12.1 Å². The SMILES string of the molecule is COc1ccccc1OC[C@H](C)NC(=O)COc1ccc(N(C)S(C)(=O)=O)cc1. The molecule has 0 aliphatic carbocycles. The summed E-state index contributed by atoms with van der Waals surface area (Å²) in [5, 5.41) is 2.79. The summed E-state index contributed by atoms with van der Waals surface area (Å²) in [6.45, 7) is 1.93. The van der Waals surface area contributed by atoms with Gasteiger partial charge in [-0.2, -0.15) is 0 Å². The van der Waals surface area contributed by atoms with Crippen LogP contribution in [0.25, 0.3) is 0 Å². The zero-order chi connectivity index (χ0) is 21.4. The summed E-state index contributed by atoms with van der Waals surface area (Å²) in [4.78, 5) is 12.1. The van der Waals surface area contributed by atoms with E-state index in [1.807, 2.05) is 19.1 Å². The van der Waals surface area contributed by atoms with Gasteiger partial charge in [0.05, 0.1) is 25.1 Å². The van der Waals surface area contributed by atoms with E-state index in [-0.39, 0.29) is 25.2 Å². The smallest absolute Gasteiger partial charge is 0.258 e. The zero-order valence-corrected chi connectivity index (χ0v) is 17.7. The van der Waals surface area contributed by atoms with Gasteiger partial charge in [0.1, 0.15) is 12.4 Å². The number of carbonyl (C=O) groups excluding carboxylic acids is 1. The molecule has 0 heterocycles. The van der Waals surface area contributed by atoms with Gasteiger partial charge in [-0.15, -0.1) is 0 Å². The Balaban J connectivity index is 1.79. The second-order valence-corrected chi connectivity index (χ2v) is 8.46. The molecule has 1 N–H and O–H groups in total. The molecule has 0 aromatic heterocycles. The number of sulfonamides is 1. The molecule has 9 heteroatoms. The van der Waals surface area contributed by atoms with Gasteiger partial charge in [0.15, 0.2) is 18.1 Å². The summed E-state index contributed by atoms with van der Waals surface area (Å²) in [6.07, 6.45) is 1.13. The van der Waals surface area contributed by atoms with Crippen molar-refractivity contribution in [1.29, 1.82) is 0 Å². The van der Waals surface area contributed by atoms with Crippen LogP contribution in [0.3, 0.4) is 0 Å². The second kappa shape index (κ2) is 10.0. The topological polar surface area (TPSA) is 94.2 Å². The van der Waals surface area contributed by atoms with Crippen molar-refractivity contribution in [3.63, 3.8) is 0 Å². The Bertz CT molecular complexity index is 915. The first-order chi connectivity index (χ1) is 13.7. The van der Waals surface area contributed by atoms with E-state index in [1.165, 1.54) is 7.05 Å². The minimum Gasteiger partial charge on any atom is -0.493 e. The van der Waals surface area contributed by atoms with E-state index in [4.69, 9.17) is 14.2 Å². The van der Waals surface area contributed by atoms with Gasteiger partial charge in [0, 0.05) is 7.05 Å². The van der Waals surface area contributed by atoms with Crippen LogP contribution in [0.2, 0.25) is 0 Å². The molecule has 2 aromatic rings. The number of nitrogens with zero attached hydrogens (tertiary/aromatic N) is 1. The Morgan fingerprint density at radius 1 is 1.07 bits per heavy atom. The number of hydrogen-bond acceptors (Lipinski definition) is 6. The minimum atomic E-state index is -3.33. The number of benzene rings is 2. The van der Waals surface area contributed by atoms with E-state index in [1.54, 1.807) is 43.5 Å². The Labute approximate surface area is 171 Å². The monoisotopic (exact) mass is 422 g/mol. The van der Waals surface area contributed by atoms with E-state index in [9.17, 15) is 13.2 Å². The average molecular weight is 423 g/mol. The van der Waals surface area contributed by atoms with Gasteiger partial charge >= 0.3 is 0 Å². The number of methoxy groups -OCH3 is 1. The van der Waals surface area contributed by atoms with Crippen LogP contribution in [0.5, 0.6) is 17.2 Å². The van der Waals surface area contributed by atoms with Crippen LogP contribution in [0.4, 0.5) is 5.69 Å². The number of anilines is 1. The van der Waals surface area contributed by atoms with Crippen LogP contribution >= 0.6 is 0 Å². The van der Waals surface area contributed by atoms with E-state index in [0.717, 1.165) is 10.6 Å². The van der Waals surface area contributed by atoms with Crippen molar-refractivity contribution in [1.82, 2.24) is 5.32 Å². The maximum absolute atomic E-state index is 12.1. The third kappa shape index (κ3) is 6.86. The fraction of sp³-hybridized carbons (Fsp3) is 0.350. The van der Waals surface area contributed by atoms with E-state index < -0.39 is 10.0 Å². The summed E-state index contributed by atoms with van der Waals surface area (Å²) < 4.78 is 40.6.